The minimum absolute atomic E-state index is 0.0355. The number of hydrogen-bond donors (Lipinski definition) is 1. The van der Waals surface area contributed by atoms with Gasteiger partial charge in [0.1, 0.15) is 5.82 Å². The molecule has 0 saturated carbocycles. The summed E-state index contributed by atoms with van der Waals surface area (Å²) in [5.41, 5.74) is 3.95. The third-order valence-corrected chi connectivity index (χ3v) is 3.47. The van der Waals surface area contributed by atoms with Crippen molar-refractivity contribution in [3.63, 3.8) is 0 Å². The number of carbonyl (C=O) groups is 1. The zero-order valence-electron chi connectivity index (χ0n) is 12.4. The Morgan fingerprint density at radius 3 is 2.48 bits per heavy atom. The molecule has 110 valence electrons. The van der Waals surface area contributed by atoms with Crippen LogP contribution in [-0.2, 0) is 6.42 Å². The van der Waals surface area contributed by atoms with E-state index in [0.717, 1.165) is 35.1 Å². The van der Waals surface area contributed by atoms with Gasteiger partial charge in [-0.15, -0.1) is 0 Å². The molecule has 0 aromatic heterocycles. The molecule has 0 aliphatic rings. The van der Waals surface area contributed by atoms with Gasteiger partial charge in [-0.2, -0.15) is 0 Å². The van der Waals surface area contributed by atoms with E-state index in [-0.39, 0.29) is 11.7 Å². The Morgan fingerprint density at radius 1 is 1.10 bits per heavy atom. The van der Waals surface area contributed by atoms with Crippen molar-refractivity contribution in [3.8, 4) is 0 Å². The lowest BCUT2D eigenvalue weighted by Crippen LogP contribution is -2.25. The van der Waals surface area contributed by atoms with Crippen LogP contribution in [0.2, 0.25) is 0 Å². The zero-order valence-corrected chi connectivity index (χ0v) is 12.4. The molecule has 3 heteroatoms. The first-order valence-corrected chi connectivity index (χ1v) is 7.16. The molecule has 0 saturated heterocycles. The Morgan fingerprint density at radius 2 is 1.81 bits per heavy atom. The molecule has 0 radical (unpaired) electrons. The number of halogens is 1. The maximum atomic E-state index is 12.8. The van der Waals surface area contributed by atoms with Crippen LogP contribution in [0.15, 0.2) is 42.5 Å². The molecule has 0 spiro atoms. The summed E-state index contributed by atoms with van der Waals surface area (Å²) in [4.78, 5) is 12.1. The molecule has 1 N–H and O–H groups in total. The predicted molar refractivity (Wildman–Crippen MR) is 83.0 cm³/mol. The molecule has 2 nitrogen and oxygen atoms in total. The van der Waals surface area contributed by atoms with Crippen molar-refractivity contribution in [1.29, 1.82) is 0 Å². The Kier molecular flexibility index (Phi) is 5.09. The van der Waals surface area contributed by atoms with Crippen molar-refractivity contribution in [2.75, 3.05) is 6.54 Å². The highest BCUT2D eigenvalue weighted by molar-refractivity contribution is 5.95. The number of benzene rings is 2. The third-order valence-electron chi connectivity index (χ3n) is 3.47. The summed E-state index contributed by atoms with van der Waals surface area (Å²) in [7, 11) is 0. The molecule has 2 aromatic carbocycles. The van der Waals surface area contributed by atoms with Gasteiger partial charge in [-0.05, 0) is 56.0 Å². The second-order valence-corrected chi connectivity index (χ2v) is 5.30. The zero-order chi connectivity index (χ0) is 15.2. The van der Waals surface area contributed by atoms with Crippen LogP contribution in [0.1, 0.15) is 33.5 Å². The normalized spacial score (nSPS) is 10.4. The van der Waals surface area contributed by atoms with E-state index in [4.69, 9.17) is 0 Å². The summed E-state index contributed by atoms with van der Waals surface area (Å²) in [5, 5.41) is 2.93. The summed E-state index contributed by atoms with van der Waals surface area (Å²) in [6.07, 6.45) is 1.66. The van der Waals surface area contributed by atoms with E-state index >= 15 is 0 Å². The van der Waals surface area contributed by atoms with E-state index in [0.29, 0.717) is 6.54 Å². The molecule has 0 unspecified atom stereocenters. The number of nitrogens with one attached hydrogen (secondary N) is 1. The van der Waals surface area contributed by atoms with E-state index in [1.54, 1.807) is 12.1 Å². The summed E-state index contributed by atoms with van der Waals surface area (Å²) in [5.74, 6) is -0.256. The van der Waals surface area contributed by atoms with Gasteiger partial charge in [0.2, 0.25) is 0 Å². The first kappa shape index (κ1) is 15.2. The maximum Gasteiger partial charge on any atom is 0.251 e. The molecule has 0 atom stereocenters. The van der Waals surface area contributed by atoms with Crippen molar-refractivity contribution >= 4 is 5.91 Å². The second-order valence-electron chi connectivity index (χ2n) is 5.30. The Bertz CT molecular complexity index is 620. The van der Waals surface area contributed by atoms with Crippen LogP contribution in [0.4, 0.5) is 4.39 Å². The molecular weight excluding hydrogens is 265 g/mol. The van der Waals surface area contributed by atoms with Crippen LogP contribution in [-0.4, -0.2) is 12.5 Å². The van der Waals surface area contributed by atoms with Gasteiger partial charge in [0, 0.05) is 12.1 Å². The Balaban J connectivity index is 1.80. The van der Waals surface area contributed by atoms with Crippen LogP contribution in [0.25, 0.3) is 0 Å². The van der Waals surface area contributed by atoms with Crippen molar-refractivity contribution in [1.82, 2.24) is 5.32 Å². The molecule has 2 aromatic rings. The summed E-state index contributed by atoms with van der Waals surface area (Å²) in [6.45, 7) is 4.57. The Labute approximate surface area is 125 Å². The fraction of sp³-hybridized carbons (Fsp3) is 0.278. The van der Waals surface area contributed by atoms with Gasteiger partial charge in [-0.1, -0.05) is 29.8 Å². The van der Waals surface area contributed by atoms with Gasteiger partial charge in [-0.3, -0.25) is 4.79 Å². The smallest absolute Gasteiger partial charge is 0.251 e. The van der Waals surface area contributed by atoms with Crippen molar-refractivity contribution in [2.24, 2.45) is 0 Å². The fourth-order valence-corrected chi connectivity index (χ4v) is 2.31. The highest BCUT2D eigenvalue weighted by atomic mass is 19.1. The molecular formula is C18H20FNO. The van der Waals surface area contributed by atoms with Crippen LogP contribution >= 0.6 is 0 Å². The molecule has 1 amide bonds. The SMILES string of the molecule is Cc1ccc(C(=O)NCCCc2ccc(F)cc2)c(C)c1. The predicted octanol–water partition coefficient (Wildman–Crippen LogP) is 3.81. The van der Waals surface area contributed by atoms with E-state index < -0.39 is 0 Å². The number of carbonyl (C=O) groups excluding carboxylic acids is 1. The maximum absolute atomic E-state index is 12.8. The van der Waals surface area contributed by atoms with Crippen molar-refractivity contribution < 1.29 is 9.18 Å². The molecule has 0 bridgehead atoms. The topological polar surface area (TPSA) is 29.1 Å². The lowest BCUT2D eigenvalue weighted by molar-refractivity contribution is 0.0952. The standard InChI is InChI=1S/C18H20FNO/c1-13-5-10-17(14(2)12-13)18(21)20-11-3-4-15-6-8-16(19)9-7-15/h5-10,12H,3-4,11H2,1-2H3,(H,20,21). The molecule has 0 aliphatic carbocycles. The van der Waals surface area contributed by atoms with Gasteiger partial charge < -0.3 is 5.32 Å². The summed E-state index contributed by atoms with van der Waals surface area (Å²) >= 11 is 0. The van der Waals surface area contributed by atoms with E-state index in [1.165, 1.54) is 12.1 Å². The largest absolute Gasteiger partial charge is 0.352 e. The summed E-state index contributed by atoms with van der Waals surface area (Å²) < 4.78 is 12.8. The van der Waals surface area contributed by atoms with E-state index in [2.05, 4.69) is 5.32 Å². The summed E-state index contributed by atoms with van der Waals surface area (Å²) in [6, 6.07) is 12.3. The lowest BCUT2D eigenvalue weighted by atomic mass is 10.1. The number of amides is 1. The highest BCUT2D eigenvalue weighted by Gasteiger charge is 2.07. The van der Waals surface area contributed by atoms with Crippen molar-refractivity contribution in [3.05, 3.63) is 70.5 Å². The third kappa shape index (κ3) is 4.42. The average molecular weight is 285 g/mol. The molecule has 0 fully saturated rings. The number of hydrogen-bond acceptors (Lipinski definition) is 1. The van der Waals surface area contributed by atoms with E-state index in [1.807, 2.05) is 32.0 Å². The van der Waals surface area contributed by atoms with Crippen LogP contribution in [0, 0.1) is 19.7 Å². The second kappa shape index (κ2) is 7.02. The van der Waals surface area contributed by atoms with Gasteiger partial charge in [0.05, 0.1) is 0 Å². The monoisotopic (exact) mass is 285 g/mol. The van der Waals surface area contributed by atoms with Crippen molar-refractivity contribution in [2.45, 2.75) is 26.7 Å². The minimum Gasteiger partial charge on any atom is -0.352 e. The van der Waals surface area contributed by atoms with Gasteiger partial charge in [0.25, 0.3) is 5.91 Å². The van der Waals surface area contributed by atoms with Crippen LogP contribution in [0.5, 0.6) is 0 Å². The van der Waals surface area contributed by atoms with E-state index in [9.17, 15) is 9.18 Å². The van der Waals surface area contributed by atoms with Crippen LogP contribution < -0.4 is 5.32 Å². The molecule has 0 aliphatic heterocycles. The quantitative estimate of drug-likeness (QED) is 0.832. The van der Waals surface area contributed by atoms with Gasteiger partial charge in [-0.25, -0.2) is 4.39 Å². The first-order valence-electron chi connectivity index (χ1n) is 7.16. The van der Waals surface area contributed by atoms with Gasteiger partial charge >= 0.3 is 0 Å². The lowest BCUT2D eigenvalue weighted by Gasteiger charge is -2.08. The molecule has 2 rings (SSSR count). The first-order chi connectivity index (χ1) is 10.1. The molecule has 21 heavy (non-hydrogen) atoms. The minimum atomic E-state index is -0.220. The van der Waals surface area contributed by atoms with Crippen LogP contribution in [0.3, 0.4) is 0 Å². The van der Waals surface area contributed by atoms with Gasteiger partial charge in [0.15, 0.2) is 0 Å². The highest BCUT2D eigenvalue weighted by Crippen LogP contribution is 2.10. The molecule has 0 heterocycles. The fourth-order valence-electron chi connectivity index (χ4n) is 2.31. The average Bonchev–Trinajstić information content (AvgIpc) is 2.45. The number of aryl methyl sites for hydroxylation is 3. The Hall–Kier alpha value is -2.16. The number of rotatable bonds is 5.